The van der Waals surface area contributed by atoms with Gasteiger partial charge in [0, 0.05) is 10.2 Å². The van der Waals surface area contributed by atoms with Crippen LogP contribution in [0.4, 0.5) is 0 Å². The molecule has 0 aromatic carbocycles. The van der Waals surface area contributed by atoms with E-state index in [-0.39, 0.29) is 0 Å². The molecule has 0 unspecified atom stereocenters. The molecule has 1 aliphatic rings. The molecule has 54 valence electrons. The normalized spacial score (nSPS) is 26.3. The summed E-state index contributed by atoms with van der Waals surface area (Å²) in [5, 5.41) is 0.859. The molecule has 0 amide bonds. The Morgan fingerprint density at radius 3 is 2.11 bits per heavy atom. The molecule has 0 nitrogen and oxygen atoms in total. The van der Waals surface area contributed by atoms with E-state index in [1.807, 2.05) is 0 Å². The average Bonchev–Trinajstić information content (AvgIpc) is 1.90. The van der Waals surface area contributed by atoms with Gasteiger partial charge in [0.15, 0.2) is 0 Å². The summed E-state index contributed by atoms with van der Waals surface area (Å²) in [6, 6.07) is 0. The molecule has 0 aromatic heterocycles. The third-order valence-corrected chi connectivity index (χ3v) is 4.62. The third-order valence-electron chi connectivity index (χ3n) is 2.91. The lowest BCUT2D eigenvalue weighted by atomic mass is 9.86. The second-order valence-electron chi connectivity index (χ2n) is 3.72. The maximum atomic E-state index is 2.36. The summed E-state index contributed by atoms with van der Waals surface area (Å²) in [7, 11) is 1.43. The zero-order chi connectivity index (χ0) is 6.74. The maximum absolute atomic E-state index is 2.36. The van der Waals surface area contributed by atoms with E-state index >= 15 is 0 Å². The predicted molar refractivity (Wildman–Crippen MR) is 46.0 cm³/mol. The second kappa shape index (κ2) is 2.87. The van der Waals surface area contributed by atoms with Crippen molar-refractivity contribution in [3.05, 3.63) is 0 Å². The Balaban J connectivity index is 2.37. The fourth-order valence-electron chi connectivity index (χ4n) is 1.76. The first-order chi connectivity index (χ1) is 4.27. The van der Waals surface area contributed by atoms with Crippen LogP contribution >= 0.6 is 0 Å². The molecule has 0 aliphatic heterocycles. The Labute approximate surface area is 61.5 Å². The van der Waals surface area contributed by atoms with Crippen LogP contribution in [0.3, 0.4) is 0 Å². The fourth-order valence-corrected chi connectivity index (χ4v) is 2.47. The molecule has 1 rings (SSSR count). The topological polar surface area (TPSA) is 0 Å². The van der Waals surface area contributed by atoms with Gasteiger partial charge in [-0.3, -0.25) is 0 Å². The van der Waals surface area contributed by atoms with Gasteiger partial charge in [-0.15, -0.1) is 0 Å². The minimum atomic E-state index is 0.859. The standard InChI is InChI=1S/C8H18Si/c1-2-8(9)6-4-3-5-7-8/h2-7H2,1,9H3. The van der Waals surface area contributed by atoms with E-state index in [4.69, 9.17) is 0 Å². The number of hydrogen-bond donors (Lipinski definition) is 0. The summed E-state index contributed by atoms with van der Waals surface area (Å²) in [6.07, 6.45) is 9.04. The van der Waals surface area contributed by atoms with Gasteiger partial charge in [0.1, 0.15) is 0 Å². The maximum Gasteiger partial charge on any atom is 0.0106 e. The molecular formula is C8H18Si. The van der Waals surface area contributed by atoms with Crippen molar-refractivity contribution in [3.8, 4) is 0 Å². The zero-order valence-electron chi connectivity index (χ0n) is 6.74. The summed E-state index contributed by atoms with van der Waals surface area (Å²) in [5.41, 5.74) is 0. The Morgan fingerprint density at radius 1 is 1.22 bits per heavy atom. The third kappa shape index (κ3) is 1.82. The lowest BCUT2D eigenvalue weighted by Gasteiger charge is -2.32. The van der Waals surface area contributed by atoms with Crippen molar-refractivity contribution in [2.45, 2.75) is 50.5 Å². The number of rotatable bonds is 1. The van der Waals surface area contributed by atoms with Crippen molar-refractivity contribution in [3.63, 3.8) is 0 Å². The van der Waals surface area contributed by atoms with Crippen LogP contribution in [0.1, 0.15) is 45.4 Å². The highest BCUT2D eigenvalue weighted by molar-refractivity contribution is 6.15. The largest absolute Gasteiger partial charge is 0.0652 e. The molecule has 1 fully saturated rings. The second-order valence-corrected chi connectivity index (χ2v) is 5.85. The molecule has 0 aromatic rings. The fraction of sp³-hybridized carbons (Fsp3) is 1.00. The summed E-state index contributed by atoms with van der Waals surface area (Å²) >= 11 is 0. The van der Waals surface area contributed by atoms with E-state index in [1.54, 1.807) is 0 Å². The lowest BCUT2D eigenvalue weighted by Crippen LogP contribution is -2.15. The van der Waals surface area contributed by atoms with Gasteiger partial charge in [-0.1, -0.05) is 45.4 Å². The Kier molecular flexibility index (Phi) is 2.33. The van der Waals surface area contributed by atoms with Gasteiger partial charge in [0.05, 0.1) is 0 Å². The van der Waals surface area contributed by atoms with Gasteiger partial charge in [0.25, 0.3) is 0 Å². The molecular weight excluding hydrogens is 124 g/mol. The first-order valence-corrected chi connectivity index (χ1v) is 5.27. The van der Waals surface area contributed by atoms with Crippen LogP contribution in [0.2, 0.25) is 5.04 Å². The molecule has 0 saturated heterocycles. The van der Waals surface area contributed by atoms with Gasteiger partial charge < -0.3 is 0 Å². The van der Waals surface area contributed by atoms with Gasteiger partial charge >= 0.3 is 0 Å². The molecule has 0 heterocycles. The van der Waals surface area contributed by atoms with E-state index in [9.17, 15) is 0 Å². The highest BCUT2D eigenvalue weighted by Crippen LogP contribution is 2.42. The van der Waals surface area contributed by atoms with Crippen LogP contribution in [0, 0.1) is 0 Å². The first kappa shape index (κ1) is 7.33. The molecule has 9 heavy (non-hydrogen) atoms. The lowest BCUT2D eigenvalue weighted by molar-refractivity contribution is 0.370. The van der Waals surface area contributed by atoms with Gasteiger partial charge in [-0.2, -0.15) is 0 Å². The van der Waals surface area contributed by atoms with Crippen molar-refractivity contribution in [2.24, 2.45) is 0 Å². The highest BCUT2D eigenvalue weighted by Gasteiger charge is 2.23. The van der Waals surface area contributed by atoms with Crippen molar-refractivity contribution in [1.29, 1.82) is 0 Å². The van der Waals surface area contributed by atoms with Crippen molar-refractivity contribution < 1.29 is 0 Å². The van der Waals surface area contributed by atoms with Crippen LogP contribution in [0.25, 0.3) is 0 Å². The SMILES string of the molecule is CCC1([SiH3])CCCCC1. The Hall–Kier alpha value is 0.217. The monoisotopic (exact) mass is 142 g/mol. The molecule has 0 atom stereocenters. The van der Waals surface area contributed by atoms with Crippen LogP contribution in [0.15, 0.2) is 0 Å². The minimum absolute atomic E-state index is 0.859. The first-order valence-electron chi connectivity index (χ1n) is 4.27. The summed E-state index contributed by atoms with van der Waals surface area (Å²) in [6.45, 7) is 2.36. The van der Waals surface area contributed by atoms with E-state index in [0.717, 1.165) is 5.04 Å². The van der Waals surface area contributed by atoms with Crippen molar-refractivity contribution in [1.82, 2.24) is 0 Å². The van der Waals surface area contributed by atoms with Gasteiger partial charge in [0.2, 0.25) is 0 Å². The zero-order valence-corrected chi connectivity index (χ0v) is 8.74. The van der Waals surface area contributed by atoms with Gasteiger partial charge in [-0.05, 0) is 5.04 Å². The minimum Gasteiger partial charge on any atom is -0.0652 e. The van der Waals surface area contributed by atoms with Crippen LogP contribution < -0.4 is 0 Å². The quantitative estimate of drug-likeness (QED) is 0.490. The Morgan fingerprint density at radius 2 is 1.78 bits per heavy atom. The molecule has 1 saturated carbocycles. The molecule has 1 aliphatic carbocycles. The van der Waals surface area contributed by atoms with Gasteiger partial charge in [-0.25, -0.2) is 0 Å². The smallest absolute Gasteiger partial charge is 0.0106 e. The van der Waals surface area contributed by atoms with E-state index < -0.39 is 0 Å². The van der Waals surface area contributed by atoms with Crippen LogP contribution in [-0.4, -0.2) is 10.2 Å². The predicted octanol–water partition coefficient (Wildman–Crippen LogP) is 1.88. The van der Waals surface area contributed by atoms with Crippen LogP contribution in [0.5, 0.6) is 0 Å². The Bertz CT molecular complexity index is 82.6. The number of hydrogen-bond acceptors (Lipinski definition) is 0. The van der Waals surface area contributed by atoms with E-state index in [0.29, 0.717) is 0 Å². The molecule has 0 bridgehead atoms. The summed E-state index contributed by atoms with van der Waals surface area (Å²) < 4.78 is 0. The van der Waals surface area contributed by atoms with Crippen molar-refractivity contribution >= 4 is 10.2 Å². The molecule has 0 N–H and O–H groups in total. The van der Waals surface area contributed by atoms with E-state index in [2.05, 4.69) is 6.92 Å². The molecule has 1 heteroatoms. The van der Waals surface area contributed by atoms with Crippen LogP contribution in [-0.2, 0) is 0 Å². The molecule has 0 spiro atoms. The van der Waals surface area contributed by atoms with Crippen molar-refractivity contribution in [2.75, 3.05) is 0 Å². The molecule has 0 radical (unpaired) electrons. The van der Waals surface area contributed by atoms with E-state index in [1.165, 1.54) is 48.8 Å². The summed E-state index contributed by atoms with van der Waals surface area (Å²) in [5.74, 6) is 0. The highest BCUT2D eigenvalue weighted by atomic mass is 28.1. The summed E-state index contributed by atoms with van der Waals surface area (Å²) in [4.78, 5) is 0. The average molecular weight is 142 g/mol.